The number of hydrogen-bond acceptors (Lipinski definition) is 1. The lowest BCUT2D eigenvalue weighted by Gasteiger charge is -2.50. The van der Waals surface area contributed by atoms with Crippen LogP contribution in [0.1, 0.15) is 72.6 Å². The number of allylic oxidation sites excluding steroid dienone is 1. The Hall–Kier alpha value is 0.995. The third kappa shape index (κ3) is 10.5. The fourth-order valence-electron chi connectivity index (χ4n) is 3.23. The van der Waals surface area contributed by atoms with Crippen LogP contribution in [0.3, 0.4) is 0 Å². The van der Waals surface area contributed by atoms with Crippen LogP contribution in [0.15, 0.2) is 24.4 Å². The van der Waals surface area contributed by atoms with Crippen molar-refractivity contribution in [2.75, 3.05) is 6.54 Å². The number of hydrogen-bond donors (Lipinski definition) is 1. The first-order valence-electron chi connectivity index (χ1n) is 9.71. The highest BCUT2D eigenvalue weighted by Crippen LogP contribution is 2.57. The first kappa shape index (κ1) is 28.0. The van der Waals surface area contributed by atoms with Gasteiger partial charge in [-0.25, -0.2) is 0 Å². The molecular formula is C20H41BFNP4. The molecule has 0 aliphatic carbocycles. The van der Waals surface area contributed by atoms with Crippen LogP contribution in [0.2, 0.25) is 0 Å². The molecule has 0 rings (SSSR count). The Labute approximate surface area is 178 Å². The molecule has 156 valence electrons. The quantitative estimate of drug-likeness (QED) is 0.145. The van der Waals surface area contributed by atoms with Gasteiger partial charge in [0.1, 0.15) is 7.85 Å². The van der Waals surface area contributed by atoms with Crippen molar-refractivity contribution in [3.05, 3.63) is 24.4 Å². The molecule has 0 aliphatic rings. The maximum atomic E-state index is 14.5. The van der Waals surface area contributed by atoms with E-state index in [1.54, 1.807) is 0 Å². The molecule has 27 heavy (non-hydrogen) atoms. The summed E-state index contributed by atoms with van der Waals surface area (Å²) in [6.07, 6.45) is 7.33. The molecule has 0 bridgehead atoms. The lowest BCUT2D eigenvalue weighted by molar-refractivity contribution is 0.162. The predicted octanol–water partition coefficient (Wildman–Crippen LogP) is 6.17. The third-order valence-electron chi connectivity index (χ3n) is 5.25. The van der Waals surface area contributed by atoms with Crippen LogP contribution < -0.4 is 5.32 Å². The van der Waals surface area contributed by atoms with Crippen molar-refractivity contribution in [3.8, 4) is 0 Å². The topological polar surface area (TPSA) is 12.0 Å². The van der Waals surface area contributed by atoms with Crippen molar-refractivity contribution < 1.29 is 4.39 Å². The van der Waals surface area contributed by atoms with E-state index in [-0.39, 0.29) is 10.3 Å². The van der Waals surface area contributed by atoms with Crippen LogP contribution in [0.25, 0.3) is 0 Å². The summed E-state index contributed by atoms with van der Waals surface area (Å²) in [5.74, 6) is 0. The van der Waals surface area contributed by atoms with Crippen molar-refractivity contribution in [2.24, 2.45) is 5.41 Å². The van der Waals surface area contributed by atoms with Crippen molar-refractivity contribution in [2.45, 2.75) is 88.0 Å². The Morgan fingerprint density at radius 2 is 1.56 bits per heavy atom. The number of nitrogens with one attached hydrogen (secondary N) is 1. The molecule has 2 radical (unpaired) electrons. The smallest absolute Gasteiger partial charge is 0.122 e. The normalized spacial score (nSPS) is 15.3. The van der Waals surface area contributed by atoms with Gasteiger partial charge in [-0.1, -0.05) is 38.8 Å². The fraction of sp³-hybridized carbons (Fsp3) is 0.800. The highest BCUT2D eigenvalue weighted by atomic mass is 31.1. The van der Waals surface area contributed by atoms with Gasteiger partial charge in [-0.05, 0) is 56.3 Å². The highest BCUT2D eigenvalue weighted by molar-refractivity contribution is 7.41. The van der Waals surface area contributed by atoms with E-state index < -0.39 is 10.5 Å². The Bertz CT molecular complexity index is 499. The van der Waals surface area contributed by atoms with Gasteiger partial charge in [-0.15, -0.1) is 43.5 Å². The zero-order valence-corrected chi connectivity index (χ0v) is 22.5. The zero-order valence-electron chi connectivity index (χ0n) is 17.8. The van der Waals surface area contributed by atoms with Gasteiger partial charge in [0.2, 0.25) is 0 Å². The molecule has 0 heterocycles. The molecule has 1 nitrogen and oxygen atoms in total. The summed E-state index contributed by atoms with van der Waals surface area (Å²) >= 11 is 0. The molecule has 0 aliphatic heterocycles. The van der Waals surface area contributed by atoms with E-state index in [0.717, 1.165) is 57.2 Å². The SMILES string of the molecule is [B]C(C)(F)C(P)(P)C(C)(C)CC(P)(P)CCCCCC(=C)NCCC(=C)C. The Kier molecular flexibility index (Phi) is 11.8. The Morgan fingerprint density at radius 3 is 2.04 bits per heavy atom. The van der Waals surface area contributed by atoms with E-state index in [1.807, 2.05) is 6.92 Å². The summed E-state index contributed by atoms with van der Waals surface area (Å²) in [4.78, 5) is -0.810. The Morgan fingerprint density at radius 1 is 1.00 bits per heavy atom. The van der Waals surface area contributed by atoms with E-state index in [2.05, 4.69) is 69.3 Å². The van der Waals surface area contributed by atoms with E-state index >= 15 is 0 Å². The van der Waals surface area contributed by atoms with Gasteiger partial charge in [0, 0.05) is 17.1 Å². The summed E-state index contributed by atoms with van der Waals surface area (Å²) in [6.45, 7) is 16.6. The van der Waals surface area contributed by atoms with Crippen molar-refractivity contribution in [1.29, 1.82) is 0 Å². The minimum absolute atomic E-state index is 0.0239. The van der Waals surface area contributed by atoms with Gasteiger partial charge >= 0.3 is 0 Å². The monoisotopic (exact) mass is 449 g/mol. The highest BCUT2D eigenvalue weighted by Gasteiger charge is 2.50. The molecule has 0 aromatic heterocycles. The predicted molar refractivity (Wildman–Crippen MR) is 138 cm³/mol. The first-order valence-corrected chi connectivity index (χ1v) is 12.0. The standard InChI is InChI=1S/C20H41BFNP4/c1-15(2)11-13-23-16(3)10-8-7-9-12-19(24,25)14-17(4,5)20(26,27)18(6,21)22/h23H,1,3,7-14,24-27H2,2,4-6H3. The number of unbranched alkanes of at least 4 members (excludes halogenated alkanes) is 2. The summed E-state index contributed by atoms with van der Waals surface area (Å²) in [6, 6.07) is 0. The molecule has 0 saturated carbocycles. The molecule has 0 amide bonds. The van der Waals surface area contributed by atoms with Crippen molar-refractivity contribution in [3.63, 3.8) is 0 Å². The summed E-state index contributed by atoms with van der Waals surface area (Å²) in [5.41, 5.74) is 0.222. The largest absolute Gasteiger partial charge is 0.388 e. The maximum Gasteiger partial charge on any atom is 0.122 e. The molecule has 0 spiro atoms. The van der Waals surface area contributed by atoms with Gasteiger partial charge in [0.05, 0.1) is 5.57 Å². The average molecular weight is 449 g/mol. The maximum absolute atomic E-state index is 14.5. The van der Waals surface area contributed by atoms with Gasteiger partial charge in [0.25, 0.3) is 0 Å². The van der Waals surface area contributed by atoms with E-state index in [9.17, 15) is 4.39 Å². The van der Waals surface area contributed by atoms with Crippen LogP contribution in [0, 0.1) is 5.41 Å². The second-order valence-corrected chi connectivity index (χ2v) is 14.5. The molecule has 0 fully saturated rings. The second kappa shape index (κ2) is 11.4. The lowest BCUT2D eigenvalue weighted by atomic mass is 9.69. The third-order valence-corrected chi connectivity index (χ3v) is 8.92. The molecule has 0 aromatic rings. The van der Waals surface area contributed by atoms with E-state index in [4.69, 9.17) is 7.85 Å². The lowest BCUT2D eigenvalue weighted by Crippen LogP contribution is -2.51. The van der Waals surface area contributed by atoms with Crippen molar-refractivity contribution in [1.82, 2.24) is 5.32 Å². The summed E-state index contributed by atoms with van der Waals surface area (Å²) < 4.78 is 14.5. The number of alkyl halides is 1. The summed E-state index contributed by atoms with van der Waals surface area (Å²) in [7, 11) is 17.0. The van der Waals surface area contributed by atoms with E-state index in [0.29, 0.717) is 0 Å². The molecule has 0 saturated heterocycles. The molecular weight excluding hydrogens is 408 g/mol. The second-order valence-electron chi connectivity index (χ2n) is 9.04. The molecule has 5 atom stereocenters. The molecule has 1 N–H and O–H groups in total. The minimum atomic E-state index is -1.78. The van der Waals surface area contributed by atoms with Gasteiger partial charge in [-0.2, -0.15) is 0 Å². The molecule has 7 heteroatoms. The molecule has 0 aromatic carbocycles. The van der Waals surface area contributed by atoms with Crippen molar-refractivity contribution >= 4 is 44.8 Å². The first-order chi connectivity index (χ1) is 12.0. The zero-order chi connectivity index (χ0) is 21.5. The van der Waals surface area contributed by atoms with Crippen LogP contribution in [-0.4, -0.2) is 29.8 Å². The van der Waals surface area contributed by atoms with E-state index in [1.165, 1.54) is 12.5 Å². The molecule has 5 unspecified atom stereocenters. The van der Waals surface area contributed by atoms with Crippen LogP contribution in [-0.2, 0) is 0 Å². The van der Waals surface area contributed by atoms with Crippen LogP contribution in [0.4, 0.5) is 4.39 Å². The average Bonchev–Trinajstić information content (AvgIpc) is 2.43. The van der Waals surface area contributed by atoms with Gasteiger partial charge < -0.3 is 5.32 Å². The van der Waals surface area contributed by atoms with Gasteiger partial charge in [-0.3, -0.25) is 4.39 Å². The summed E-state index contributed by atoms with van der Waals surface area (Å²) in [5, 5.41) is 3.37. The number of rotatable bonds is 14. The Balaban J connectivity index is 4.31. The van der Waals surface area contributed by atoms with Gasteiger partial charge in [0.15, 0.2) is 0 Å². The van der Waals surface area contributed by atoms with Crippen LogP contribution >= 0.6 is 37.0 Å². The fourth-order valence-corrected chi connectivity index (χ4v) is 4.86. The minimum Gasteiger partial charge on any atom is -0.388 e. The number of halogens is 1. The van der Waals surface area contributed by atoms with Crippen LogP contribution in [0.5, 0.6) is 0 Å².